The zero-order chi connectivity index (χ0) is 22.3. The highest BCUT2D eigenvalue weighted by Crippen LogP contribution is 2.34. The number of carbonyl (C=O) groups is 2. The quantitative estimate of drug-likeness (QED) is 0.637. The van der Waals surface area contributed by atoms with Gasteiger partial charge in [0.2, 0.25) is 5.91 Å². The fraction of sp³-hybridized carbons (Fsp3) is 0.360. The van der Waals surface area contributed by atoms with Crippen LogP contribution in [-0.4, -0.2) is 46.1 Å². The summed E-state index contributed by atoms with van der Waals surface area (Å²) in [5.74, 6) is -0.362. The molecule has 3 heterocycles. The van der Waals surface area contributed by atoms with Gasteiger partial charge in [-0.25, -0.2) is 0 Å². The van der Waals surface area contributed by atoms with Crippen molar-refractivity contribution in [3.63, 3.8) is 0 Å². The minimum absolute atomic E-state index is 0.0295. The van der Waals surface area contributed by atoms with E-state index in [4.69, 9.17) is 16.3 Å². The highest BCUT2D eigenvalue weighted by molar-refractivity contribution is 6.31. The van der Waals surface area contributed by atoms with E-state index >= 15 is 0 Å². The number of hydrogen-bond acceptors (Lipinski definition) is 3. The maximum Gasteiger partial charge on any atom is 0.271 e. The van der Waals surface area contributed by atoms with Crippen molar-refractivity contribution in [3.05, 3.63) is 70.9 Å². The minimum Gasteiger partial charge on any atom is -0.376 e. The second kappa shape index (κ2) is 8.26. The Balaban J connectivity index is 1.53. The summed E-state index contributed by atoms with van der Waals surface area (Å²) in [5.41, 5.74) is 1.27. The number of rotatable bonds is 5. The lowest BCUT2D eigenvalue weighted by atomic mass is 9.93. The van der Waals surface area contributed by atoms with Gasteiger partial charge in [0.05, 0.1) is 12.6 Å². The van der Waals surface area contributed by atoms with Crippen LogP contribution < -0.4 is 5.32 Å². The molecule has 0 bridgehead atoms. The molecule has 1 aromatic heterocycles. The maximum atomic E-state index is 13.7. The normalized spacial score (nSPS) is 22.9. The van der Waals surface area contributed by atoms with Crippen LogP contribution >= 0.6 is 11.6 Å². The van der Waals surface area contributed by atoms with E-state index < -0.39 is 5.54 Å². The van der Waals surface area contributed by atoms with Crippen molar-refractivity contribution in [2.24, 2.45) is 0 Å². The third-order valence-electron chi connectivity index (χ3n) is 6.63. The van der Waals surface area contributed by atoms with Crippen LogP contribution in [0.3, 0.4) is 0 Å². The van der Waals surface area contributed by atoms with Gasteiger partial charge in [-0.15, -0.1) is 0 Å². The predicted octanol–water partition coefficient (Wildman–Crippen LogP) is 4.00. The largest absolute Gasteiger partial charge is 0.376 e. The average molecular weight is 452 g/mol. The Hall–Kier alpha value is -2.83. The summed E-state index contributed by atoms with van der Waals surface area (Å²) in [4.78, 5) is 29.0. The predicted molar refractivity (Wildman–Crippen MR) is 124 cm³/mol. The molecule has 2 aliphatic rings. The summed E-state index contributed by atoms with van der Waals surface area (Å²) in [5, 5.41) is 4.61. The molecule has 0 aliphatic carbocycles. The van der Waals surface area contributed by atoms with Crippen molar-refractivity contribution in [3.8, 4) is 0 Å². The first-order valence-corrected chi connectivity index (χ1v) is 11.4. The molecule has 0 radical (unpaired) electrons. The van der Waals surface area contributed by atoms with Crippen LogP contribution in [0.25, 0.3) is 10.9 Å². The van der Waals surface area contributed by atoms with Crippen molar-refractivity contribution in [2.75, 3.05) is 13.2 Å². The van der Waals surface area contributed by atoms with Crippen LogP contribution in [0.2, 0.25) is 5.02 Å². The first-order valence-electron chi connectivity index (χ1n) is 11.0. The van der Waals surface area contributed by atoms with Gasteiger partial charge in [-0.1, -0.05) is 48.0 Å². The van der Waals surface area contributed by atoms with E-state index in [0.717, 1.165) is 35.9 Å². The fourth-order valence-corrected chi connectivity index (χ4v) is 4.95. The van der Waals surface area contributed by atoms with Crippen LogP contribution in [0.15, 0.2) is 54.6 Å². The van der Waals surface area contributed by atoms with Crippen molar-refractivity contribution in [2.45, 2.75) is 44.5 Å². The standard InChI is InChI=1S/C25H26ClN3O3/c1-25(24(31)27-14-19-9-6-12-32-19)16-28-21-11-5-3-7-17(21)13-22(28)23(30)29(25)15-18-8-2-4-10-20(18)26/h2-5,7-8,10-11,13,19H,6,9,12,14-16H2,1H3,(H,27,31). The Bertz CT molecular complexity index is 1180. The third kappa shape index (κ3) is 3.57. The van der Waals surface area contributed by atoms with E-state index in [9.17, 15) is 9.59 Å². The number of aromatic nitrogens is 1. The second-order valence-electron chi connectivity index (χ2n) is 8.78. The lowest BCUT2D eigenvalue weighted by Gasteiger charge is -2.44. The molecule has 3 aromatic rings. The van der Waals surface area contributed by atoms with Crippen LogP contribution in [0.5, 0.6) is 0 Å². The summed E-state index contributed by atoms with van der Waals surface area (Å²) in [6.07, 6.45) is 1.97. The molecule has 1 N–H and O–H groups in total. The van der Waals surface area contributed by atoms with E-state index in [1.807, 2.05) is 60.0 Å². The molecule has 2 unspecified atom stereocenters. The summed E-state index contributed by atoms with van der Waals surface area (Å²) < 4.78 is 7.63. The number of halogens is 1. The molecule has 2 aromatic carbocycles. The number of ether oxygens (including phenoxy) is 1. The van der Waals surface area contributed by atoms with Gasteiger partial charge >= 0.3 is 0 Å². The van der Waals surface area contributed by atoms with Gasteiger partial charge in [-0.3, -0.25) is 9.59 Å². The van der Waals surface area contributed by atoms with E-state index in [1.54, 1.807) is 11.0 Å². The molecule has 2 aliphatic heterocycles. The molecule has 166 valence electrons. The highest BCUT2D eigenvalue weighted by Gasteiger charge is 2.47. The van der Waals surface area contributed by atoms with Crippen LogP contribution in [-0.2, 0) is 22.6 Å². The molecule has 32 heavy (non-hydrogen) atoms. The lowest BCUT2D eigenvalue weighted by Crippen LogP contribution is -2.64. The molecular weight excluding hydrogens is 426 g/mol. The molecule has 5 rings (SSSR count). The average Bonchev–Trinajstić information content (AvgIpc) is 3.44. The number of benzene rings is 2. The lowest BCUT2D eigenvalue weighted by molar-refractivity contribution is -0.133. The summed E-state index contributed by atoms with van der Waals surface area (Å²) >= 11 is 6.42. The number of carbonyl (C=O) groups excluding carboxylic acids is 2. The second-order valence-corrected chi connectivity index (χ2v) is 9.18. The van der Waals surface area contributed by atoms with Crippen molar-refractivity contribution >= 4 is 34.3 Å². The topological polar surface area (TPSA) is 63.6 Å². The Morgan fingerprint density at radius 3 is 2.78 bits per heavy atom. The number of fused-ring (bicyclic) bond motifs is 3. The molecule has 7 heteroatoms. The Labute approximate surface area is 192 Å². The zero-order valence-corrected chi connectivity index (χ0v) is 18.8. The first kappa shape index (κ1) is 21.0. The first-order chi connectivity index (χ1) is 15.5. The van der Waals surface area contributed by atoms with Crippen LogP contribution in [0.4, 0.5) is 0 Å². The number of nitrogens with one attached hydrogen (secondary N) is 1. The van der Waals surface area contributed by atoms with E-state index in [-0.39, 0.29) is 24.5 Å². The summed E-state index contributed by atoms with van der Waals surface area (Å²) in [6.45, 7) is 3.63. The summed E-state index contributed by atoms with van der Waals surface area (Å²) in [7, 11) is 0. The number of nitrogens with zero attached hydrogens (tertiary/aromatic N) is 2. The van der Waals surface area contributed by atoms with Gasteiger partial charge in [0.15, 0.2) is 0 Å². The van der Waals surface area contributed by atoms with Crippen molar-refractivity contribution < 1.29 is 14.3 Å². The number of para-hydroxylation sites is 1. The van der Waals surface area contributed by atoms with Gasteiger partial charge in [0.1, 0.15) is 11.2 Å². The van der Waals surface area contributed by atoms with E-state index in [1.165, 1.54) is 0 Å². The smallest absolute Gasteiger partial charge is 0.271 e. The number of hydrogen-bond donors (Lipinski definition) is 1. The fourth-order valence-electron chi connectivity index (χ4n) is 4.75. The molecule has 2 atom stereocenters. The molecule has 0 spiro atoms. The van der Waals surface area contributed by atoms with Crippen molar-refractivity contribution in [1.29, 1.82) is 0 Å². The maximum absolute atomic E-state index is 13.7. The molecule has 2 amide bonds. The molecular formula is C25H26ClN3O3. The molecule has 1 saturated heterocycles. The van der Waals surface area contributed by atoms with Gasteiger partial charge in [0.25, 0.3) is 5.91 Å². The Morgan fingerprint density at radius 2 is 2.00 bits per heavy atom. The van der Waals surface area contributed by atoms with Crippen LogP contribution in [0, 0.1) is 0 Å². The molecule has 0 saturated carbocycles. The summed E-state index contributed by atoms with van der Waals surface area (Å²) in [6, 6.07) is 17.2. The molecule has 6 nitrogen and oxygen atoms in total. The van der Waals surface area contributed by atoms with Gasteiger partial charge in [-0.2, -0.15) is 0 Å². The van der Waals surface area contributed by atoms with Gasteiger partial charge < -0.3 is 19.5 Å². The van der Waals surface area contributed by atoms with E-state index in [0.29, 0.717) is 23.8 Å². The minimum atomic E-state index is -1.08. The van der Waals surface area contributed by atoms with Crippen molar-refractivity contribution in [1.82, 2.24) is 14.8 Å². The zero-order valence-electron chi connectivity index (χ0n) is 18.0. The van der Waals surface area contributed by atoms with Crippen LogP contribution in [0.1, 0.15) is 35.8 Å². The van der Waals surface area contributed by atoms with E-state index in [2.05, 4.69) is 5.32 Å². The number of amides is 2. The third-order valence-corrected chi connectivity index (χ3v) is 7.00. The SMILES string of the molecule is CC1(C(=O)NCC2CCCO2)Cn2c(cc3ccccc32)C(=O)N1Cc1ccccc1Cl. The Morgan fingerprint density at radius 1 is 1.22 bits per heavy atom. The molecule has 1 fully saturated rings. The Kier molecular flexibility index (Phi) is 5.43. The monoisotopic (exact) mass is 451 g/mol. The highest BCUT2D eigenvalue weighted by atomic mass is 35.5. The van der Waals surface area contributed by atoms with Gasteiger partial charge in [-0.05, 0) is 43.5 Å². The van der Waals surface area contributed by atoms with Gasteiger partial charge in [0, 0.05) is 35.6 Å².